The minimum Gasteiger partial charge on any atom is -0.393 e. The summed E-state index contributed by atoms with van der Waals surface area (Å²) in [7, 11) is 0. The maximum atomic E-state index is 6.21. The van der Waals surface area contributed by atoms with Crippen LogP contribution in [0.5, 0.6) is 0 Å². The van der Waals surface area contributed by atoms with Crippen molar-refractivity contribution in [1.82, 2.24) is 9.97 Å². The highest BCUT2D eigenvalue weighted by Gasteiger charge is 2.16. The third kappa shape index (κ3) is 3.98. The number of rotatable bonds is 4. The summed E-state index contributed by atoms with van der Waals surface area (Å²) < 4.78 is 0. The summed E-state index contributed by atoms with van der Waals surface area (Å²) in [6, 6.07) is 5.61. The molecular weight excluding hydrogens is 333 g/mol. The monoisotopic (exact) mass is 351 g/mol. The van der Waals surface area contributed by atoms with Gasteiger partial charge in [-0.3, -0.25) is 0 Å². The van der Waals surface area contributed by atoms with E-state index in [1.54, 1.807) is 18.2 Å². The van der Waals surface area contributed by atoms with E-state index in [0.717, 1.165) is 12.8 Å². The predicted molar refractivity (Wildman–Crippen MR) is 96.7 cm³/mol. The zero-order valence-electron chi connectivity index (χ0n) is 12.6. The summed E-state index contributed by atoms with van der Waals surface area (Å²) in [5, 5.41) is 7.69. The van der Waals surface area contributed by atoms with Crippen molar-refractivity contribution in [2.24, 2.45) is 0 Å². The van der Waals surface area contributed by atoms with E-state index in [0.29, 0.717) is 39.1 Å². The molecule has 1 aromatic heterocycles. The zero-order valence-corrected chi connectivity index (χ0v) is 14.2. The Hall–Kier alpha value is -1.72. The second kappa shape index (κ2) is 7.23. The molecule has 7 heteroatoms. The number of hydrogen-bond acceptors (Lipinski definition) is 5. The fourth-order valence-electron chi connectivity index (χ4n) is 2.77. The second-order valence-corrected chi connectivity index (χ2v) is 6.56. The van der Waals surface area contributed by atoms with Crippen LogP contribution in [0.2, 0.25) is 10.0 Å². The van der Waals surface area contributed by atoms with Crippen molar-refractivity contribution < 1.29 is 0 Å². The molecule has 3 rings (SSSR count). The Morgan fingerprint density at radius 1 is 1.04 bits per heavy atom. The Bertz CT molecular complexity index is 686. The first-order valence-corrected chi connectivity index (χ1v) is 8.48. The number of halogens is 2. The average molecular weight is 352 g/mol. The molecule has 2 aromatic rings. The quantitative estimate of drug-likeness (QED) is 0.733. The third-order valence-electron chi connectivity index (χ3n) is 4.01. The van der Waals surface area contributed by atoms with Gasteiger partial charge in [0.05, 0.1) is 10.7 Å². The first-order valence-electron chi connectivity index (χ1n) is 7.72. The van der Waals surface area contributed by atoms with Crippen LogP contribution in [0.4, 0.5) is 23.0 Å². The molecule has 0 unspecified atom stereocenters. The van der Waals surface area contributed by atoms with E-state index >= 15 is 0 Å². The minimum atomic E-state index is 0.420. The summed E-state index contributed by atoms with van der Waals surface area (Å²) in [4.78, 5) is 8.48. The lowest BCUT2D eigenvalue weighted by Gasteiger charge is -2.24. The minimum absolute atomic E-state index is 0.420. The van der Waals surface area contributed by atoms with Crippen LogP contribution in [0.1, 0.15) is 32.1 Å². The number of aromatic nitrogens is 2. The van der Waals surface area contributed by atoms with Gasteiger partial charge in [0.2, 0.25) is 0 Å². The van der Waals surface area contributed by atoms with Crippen LogP contribution < -0.4 is 16.4 Å². The fourth-order valence-corrected chi connectivity index (χ4v) is 3.11. The van der Waals surface area contributed by atoms with E-state index < -0.39 is 0 Å². The Kier molecular flexibility index (Phi) is 5.08. The maximum absolute atomic E-state index is 6.21. The molecule has 0 saturated heterocycles. The van der Waals surface area contributed by atoms with Crippen molar-refractivity contribution in [2.45, 2.75) is 38.1 Å². The Labute approximate surface area is 145 Å². The van der Waals surface area contributed by atoms with Crippen LogP contribution in [-0.2, 0) is 0 Å². The number of benzene rings is 1. The molecular formula is C16H19Cl2N5. The highest BCUT2D eigenvalue weighted by atomic mass is 35.5. The van der Waals surface area contributed by atoms with Crippen LogP contribution in [-0.4, -0.2) is 16.0 Å². The molecule has 122 valence electrons. The highest BCUT2D eigenvalue weighted by Crippen LogP contribution is 2.32. The molecule has 1 aliphatic carbocycles. The summed E-state index contributed by atoms with van der Waals surface area (Å²) >= 11 is 12.2. The van der Waals surface area contributed by atoms with Gasteiger partial charge in [0.1, 0.15) is 12.0 Å². The highest BCUT2D eigenvalue weighted by molar-refractivity contribution is 6.35. The van der Waals surface area contributed by atoms with E-state index in [-0.39, 0.29) is 0 Å². The predicted octanol–water partition coefficient (Wildman–Crippen LogP) is 4.85. The van der Waals surface area contributed by atoms with Crippen molar-refractivity contribution in [1.29, 1.82) is 0 Å². The van der Waals surface area contributed by atoms with Crippen molar-refractivity contribution >= 4 is 46.2 Å². The largest absolute Gasteiger partial charge is 0.393 e. The maximum Gasteiger partial charge on any atom is 0.159 e. The second-order valence-electron chi connectivity index (χ2n) is 5.71. The van der Waals surface area contributed by atoms with E-state index in [2.05, 4.69) is 20.6 Å². The molecule has 0 spiro atoms. The molecule has 5 nitrogen and oxygen atoms in total. The van der Waals surface area contributed by atoms with Crippen LogP contribution in [0.25, 0.3) is 0 Å². The van der Waals surface area contributed by atoms with E-state index in [9.17, 15) is 0 Å². The van der Waals surface area contributed by atoms with Crippen molar-refractivity contribution in [3.05, 3.63) is 34.6 Å². The van der Waals surface area contributed by atoms with Gasteiger partial charge in [0.15, 0.2) is 11.6 Å². The lowest BCUT2D eigenvalue weighted by atomic mass is 9.95. The first-order chi connectivity index (χ1) is 11.1. The summed E-state index contributed by atoms with van der Waals surface area (Å²) in [5.74, 6) is 1.18. The van der Waals surface area contributed by atoms with Crippen LogP contribution in [0, 0.1) is 0 Å². The van der Waals surface area contributed by atoms with Crippen LogP contribution in [0.15, 0.2) is 24.5 Å². The standard InChI is InChI=1S/C16H19Cl2N5/c17-10-6-7-12(18)13(8-10)23-16-14(19)15(20-9-21-16)22-11-4-2-1-3-5-11/h6-9,11H,1-5,19H2,(H2,20,21,22,23). The lowest BCUT2D eigenvalue weighted by Crippen LogP contribution is -2.23. The molecule has 0 radical (unpaired) electrons. The van der Waals surface area contributed by atoms with Crippen molar-refractivity contribution in [3.8, 4) is 0 Å². The molecule has 1 aliphatic rings. The van der Waals surface area contributed by atoms with Gasteiger partial charge in [-0.15, -0.1) is 0 Å². The zero-order chi connectivity index (χ0) is 16.2. The summed E-state index contributed by atoms with van der Waals surface area (Å²) in [6.45, 7) is 0. The number of nitrogen functional groups attached to an aromatic ring is 1. The van der Waals surface area contributed by atoms with Crippen LogP contribution in [0.3, 0.4) is 0 Å². The smallest absolute Gasteiger partial charge is 0.159 e. The van der Waals surface area contributed by atoms with Crippen molar-refractivity contribution in [3.63, 3.8) is 0 Å². The van der Waals surface area contributed by atoms with E-state index in [1.807, 2.05) is 0 Å². The molecule has 0 atom stereocenters. The van der Waals surface area contributed by atoms with Crippen LogP contribution >= 0.6 is 23.2 Å². The molecule has 4 N–H and O–H groups in total. The molecule has 0 aliphatic heterocycles. The van der Waals surface area contributed by atoms with Gasteiger partial charge in [0.25, 0.3) is 0 Å². The molecule has 23 heavy (non-hydrogen) atoms. The van der Waals surface area contributed by atoms with Gasteiger partial charge in [-0.2, -0.15) is 0 Å². The van der Waals surface area contributed by atoms with E-state index in [1.165, 1.54) is 25.6 Å². The van der Waals surface area contributed by atoms with Gasteiger partial charge < -0.3 is 16.4 Å². The molecule has 1 heterocycles. The number of nitrogens with one attached hydrogen (secondary N) is 2. The SMILES string of the molecule is Nc1c(Nc2cc(Cl)ccc2Cl)ncnc1NC1CCCCC1. The molecule has 0 bridgehead atoms. The molecule has 1 aromatic carbocycles. The molecule has 1 fully saturated rings. The van der Waals surface area contributed by atoms with Gasteiger partial charge in [-0.05, 0) is 31.0 Å². The summed E-state index contributed by atoms with van der Waals surface area (Å²) in [6.07, 6.45) is 7.57. The van der Waals surface area contributed by atoms with Gasteiger partial charge in [-0.25, -0.2) is 9.97 Å². The Morgan fingerprint density at radius 3 is 2.57 bits per heavy atom. The Morgan fingerprint density at radius 2 is 1.78 bits per heavy atom. The average Bonchev–Trinajstić information content (AvgIpc) is 2.55. The molecule has 1 saturated carbocycles. The van der Waals surface area contributed by atoms with Gasteiger partial charge in [-0.1, -0.05) is 42.5 Å². The molecule has 0 amide bonds. The summed E-state index contributed by atoms with van der Waals surface area (Å²) in [5.41, 5.74) is 7.35. The van der Waals surface area contributed by atoms with Gasteiger partial charge in [0, 0.05) is 11.1 Å². The van der Waals surface area contributed by atoms with E-state index in [4.69, 9.17) is 28.9 Å². The number of hydrogen-bond donors (Lipinski definition) is 3. The normalized spacial score (nSPS) is 15.4. The fraction of sp³-hybridized carbons (Fsp3) is 0.375. The van der Waals surface area contributed by atoms with Gasteiger partial charge >= 0.3 is 0 Å². The number of nitrogens with zero attached hydrogens (tertiary/aromatic N) is 2. The van der Waals surface area contributed by atoms with Crippen molar-refractivity contribution in [2.75, 3.05) is 16.4 Å². The first kappa shape index (κ1) is 16.1. The topological polar surface area (TPSA) is 75.9 Å². The Balaban J connectivity index is 1.80. The lowest BCUT2D eigenvalue weighted by molar-refractivity contribution is 0.462. The number of nitrogens with two attached hydrogens (primary N) is 1. The number of anilines is 4. The third-order valence-corrected chi connectivity index (χ3v) is 4.58.